The molecule has 0 bridgehead atoms. The lowest BCUT2D eigenvalue weighted by Crippen LogP contribution is -2.22. The monoisotopic (exact) mass is 337 g/mol. The van der Waals surface area contributed by atoms with Gasteiger partial charge in [0.05, 0.1) is 6.54 Å². The summed E-state index contributed by atoms with van der Waals surface area (Å²) in [5, 5.41) is 4.96. The molecule has 0 unspecified atom stereocenters. The Hall–Kier alpha value is -1.13. The second-order valence-corrected chi connectivity index (χ2v) is 6.31. The van der Waals surface area contributed by atoms with Crippen LogP contribution in [0.4, 0.5) is 0 Å². The molecule has 0 saturated carbocycles. The molecule has 0 aliphatic carbocycles. The first-order chi connectivity index (χ1) is 9.15. The van der Waals surface area contributed by atoms with Gasteiger partial charge in [-0.2, -0.15) is 0 Å². The lowest BCUT2D eigenvalue weighted by Gasteiger charge is -2.05. The normalized spacial score (nSPS) is 10.4. The smallest absolute Gasteiger partial charge is 0.220 e. The third kappa shape index (κ3) is 4.48. The van der Waals surface area contributed by atoms with Gasteiger partial charge in [-0.1, -0.05) is 29.8 Å². The standard InChI is InChI=1S/C15H16BrNOS/c1-11-3-2-4-12(9-11)5-6-15(18)17-10-14-13(16)7-8-19-14/h2-4,7-9H,5-6,10H2,1H3,(H,17,18). The molecule has 0 radical (unpaired) electrons. The first-order valence-electron chi connectivity index (χ1n) is 6.19. The van der Waals surface area contributed by atoms with Gasteiger partial charge < -0.3 is 5.32 Å². The van der Waals surface area contributed by atoms with Gasteiger partial charge in [-0.05, 0) is 46.3 Å². The van der Waals surface area contributed by atoms with Crippen molar-refractivity contribution in [3.8, 4) is 0 Å². The molecule has 1 N–H and O–H groups in total. The maximum atomic E-state index is 11.8. The second-order valence-electron chi connectivity index (χ2n) is 4.46. The highest BCUT2D eigenvalue weighted by molar-refractivity contribution is 9.10. The summed E-state index contributed by atoms with van der Waals surface area (Å²) in [5.74, 6) is 0.0989. The van der Waals surface area contributed by atoms with E-state index in [9.17, 15) is 4.79 Å². The molecular weight excluding hydrogens is 322 g/mol. The Morgan fingerprint density at radius 3 is 2.89 bits per heavy atom. The highest BCUT2D eigenvalue weighted by Gasteiger charge is 2.05. The van der Waals surface area contributed by atoms with Crippen molar-refractivity contribution in [1.82, 2.24) is 5.32 Å². The second kappa shape index (κ2) is 6.87. The van der Waals surface area contributed by atoms with E-state index in [2.05, 4.69) is 46.4 Å². The summed E-state index contributed by atoms with van der Waals surface area (Å²) in [6.07, 6.45) is 1.32. The molecule has 0 aliphatic rings. The van der Waals surface area contributed by atoms with E-state index >= 15 is 0 Å². The number of rotatable bonds is 5. The van der Waals surface area contributed by atoms with E-state index in [0.29, 0.717) is 13.0 Å². The van der Waals surface area contributed by atoms with Crippen molar-refractivity contribution in [3.05, 3.63) is 56.2 Å². The third-order valence-electron chi connectivity index (χ3n) is 2.86. The Kier molecular flexibility index (Phi) is 5.16. The highest BCUT2D eigenvalue weighted by atomic mass is 79.9. The molecule has 19 heavy (non-hydrogen) atoms. The fraction of sp³-hybridized carbons (Fsp3) is 0.267. The molecule has 0 atom stereocenters. The summed E-state index contributed by atoms with van der Waals surface area (Å²) in [7, 11) is 0. The molecule has 0 fully saturated rings. The van der Waals surface area contributed by atoms with Crippen molar-refractivity contribution in [1.29, 1.82) is 0 Å². The number of thiophene rings is 1. The van der Waals surface area contributed by atoms with Gasteiger partial charge in [0.15, 0.2) is 0 Å². The van der Waals surface area contributed by atoms with Crippen LogP contribution in [0.3, 0.4) is 0 Å². The number of nitrogens with one attached hydrogen (secondary N) is 1. The predicted molar refractivity (Wildman–Crippen MR) is 83.4 cm³/mol. The zero-order chi connectivity index (χ0) is 13.7. The van der Waals surface area contributed by atoms with Crippen LogP contribution in [0.15, 0.2) is 40.2 Å². The minimum Gasteiger partial charge on any atom is -0.351 e. The largest absolute Gasteiger partial charge is 0.351 e. The molecule has 2 nitrogen and oxygen atoms in total. The number of amides is 1. The first kappa shape index (κ1) is 14.3. The van der Waals surface area contributed by atoms with E-state index in [1.165, 1.54) is 11.1 Å². The van der Waals surface area contributed by atoms with Gasteiger partial charge in [0.25, 0.3) is 0 Å². The highest BCUT2D eigenvalue weighted by Crippen LogP contribution is 2.22. The summed E-state index contributed by atoms with van der Waals surface area (Å²) in [6, 6.07) is 10.3. The maximum Gasteiger partial charge on any atom is 0.220 e. The van der Waals surface area contributed by atoms with Gasteiger partial charge in [-0.3, -0.25) is 4.79 Å². The van der Waals surface area contributed by atoms with Crippen molar-refractivity contribution in [2.45, 2.75) is 26.3 Å². The molecule has 0 spiro atoms. The number of benzene rings is 1. The van der Waals surface area contributed by atoms with Crippen LogP contribution in [0.2, 0.25) is 0 Å². The quantitative estimate of drug-likeness (QED) is 0.875. The van der Waals surface area contributed by atoms with Crippen LogP contribution < -0.4 is 5.32 Å². The number of carbonyl (C=O) groups excluding carboxylic acids is 1. The molecule has 0 aliphatic heterocycles. The zero-order valence-corrected chi connectivity index (χ0v) is 13.2. The molecule has 1 amide bonds. The summed E-state index contributed by atoms with van der Waals surface area (Å²) in [5.41, 5.74) is 2.45. The van der Waals surface area contributed by atoms with Crippen LogP contribution in [-0.2, 0) is 17.8 Å². The van der Waals surface area contributed by atoms with Gasteiger partial charge in [0.1, 0.15) is 0 Å². The summed E-state index contributed by atoms with van der Waals surface area (Å²) >= 11 is 5.11. The van der Waals surface area contributed by atoms with E-state index in [-0.39, 0.29) is 5.91 Å². The minimum absolute atomic E-state index is 0.0989. The van der Waals surface area contributed by atoms with Crippen LogP contribution in [0, 0.1) is 6.92 Å². The van der Waals surface area contributed by atoms with Gasteiger partial charge in [0.2, 0.25) is 5.91 Å². The van der Waals surface area contributed by atoms with Crippen LogP contribution >= 0.6 is 27.3 Å². The van der Waals surface area contributed by atoms with Crippen LogP contribution in [0.1, 0.15) is 22.4 Å². The first-order valence-corrected chi connectivity index (χ1v) is 7.86. The Morgan fingerprint density at radius 1 is 1.37 bits per heavy atom. The van der Waals surface area contributed by atoms with Crippen molar-refractivity contribution < 1.29 is 4.79 Å². The van der Waals surface area contributed by atoms with Gasteiger partial charge in [-0.15, -0.1) is 11.3 Å². The van der Waals surface area contributed by atoms with Gasteiger partial charge in [0, 0.05) is 15.8 Å². The molecule has 1 aromatic carbocycles. The average Bonchev–Trinajstić information content (AvgIpc) is 2.80. The van der Waals surface area contributed by atoms with Gasteiger partial charge in [-0.25, -0.2) is 0 Å². The van der Waals surface area contributed by atoms with E-state index < -0.39 is 0 Å². The average molecular weight is 338 g/mol. The fourth-order valence-corrected chi connectivity index (χ4v) is 3.28. The number of carbonyl (C=O) groups is 1. The van der Waals surface area contributed by atoms with E-state index in [1.54, 1.807) is 11.3 Å². The summed E-state index contributed by atoms with van der Waals surface area (Å²) in [6.45, 7) is 2.67. The fourth-order valence-electron chi connectivity index (χ4n) is 1.84. The predicted octanol–water partition coefficient (Wildman–Crippen LogP) is 4.07. The molecule has 2 aromatic rings. The Balaban J connectivity index is 1.77. The van der Waals surface area contributed by atoms with Crippen LogP contribution in [-0.4, -0.2) is 5.91 Å². The van der Waals surface area contributed by atoms with Crippen molar-refractivity contribution >= 4 is 33.2 Å². The number of hydrogen-bond donors (Lipinski definition) is 1. The Bertz CT molecular complexity index is 565. The zero-order valence-electron chi connectivity index (χ0n) is 10.8. The van der Waals surface area contributed by atoms with Crippen molar-refractivity contribution in [2.75, 3.05) is 0 Å². The summed E-state index contributed by atoms with van der Waals surface area (Å²) < 4.78 is 1.07. The number of hydrogen-bond acceptors (Lipinski definition) is 2. The SMILES string of the molecule is Cc1cccc(CCC(=O)NCc2sccc2Br)c1. The lowest BCUT2D eigenvalue weighted by atomic mass is 10.1. The van der Waals surface area contributed by atoms with Gasteiger partial charge >= 0.3 is 0 Å². The molecule has 100 valence electrons. The van der Waals surface area contributed by atoms with E-state index in [1.807, 2.05) is 17.5 Å². The number of aryl methyl sites for hydroxylation is 2. The molecule has 0 saturated heterocycles. The molecule has 2 rings (SSSR count). The maximum absolute atomic E-state index is 11.8. The van der Waals surface area contributed by atoms with Crippen molar-refractivity contribution in [3.63, 3.8) is 0 Å². The Labute approximate surface area is 126 Å². The Morgan fingerprint density at radius 2 is 2.21 bits per heavy atom. The van der Waals surface area contributed by atoms with Crippen LogP contribution in [0.5, 0.6) is 0 Å². The molecular formula is C15H16BrNOS. The topological polar surface area (TPSA) is 29.1 Å². The third-order valence-corrected chi connectivity index (χ3v) is 4.79. The molecule has 1 heterocycles. The molecule has 4 heteroatoms. The minimum atomic E-state index is 0.0989. The van der Waals surface area contributed by atoms with E-state index in [0.717, 1.165) is 15.8 Å². The lowest BCUT2D eigenvalue weighted by molar-refractivity contribution is -0.121. The molecule has 1 aromatic heterocycles. The van der Waals surface area contributed by atoms with E-state index in [4.69, 9.17) is 0 Å². The number of halogens is 1. The summed E-state index contributed by atoms with van der Waals surface area (Å²) in [4.78, 5) is 12.9. The van der Waals surface area contributed by atoms with Crippen LogP contribution in [0.25, 0.3) is 0 Å². The van der Waals surface area contributed by atoms with Crippen molar-refractivity contribution in [2.24, 2.45) is 0 Å².